The van der Waals surface area contributed by atoms with Gasteiger partial charge in [-0.3, -0.25) is 52.7 Å². The molecule has 3 amide bonds. The van der Waals surface area contributed by atoms with Gasteiger partial charge in [-0.15, -0.1) is 0 Å². The van der Waals surface area contributed by atoms with Crippen LogP contribution in [0.25, 0.3) is 0 Å². The van der Waals surface area contributed by atoms with E-state index in [9.17, 15) is 75.8 Å². The van der Waals surface area contributed by atoms with Gasteiger partial charge in [-0.05, 0) is 6.42 Å². The van der Waals surface area contributed by atoms with Crippen LogP contribution in [0.2, 0.25) is 0 Å². The summed E-state index contributed by atoms with van der Waals surface area (Å²) < 4.78 is 124. The van der Waals surface area contributed by atoms with Crippen molar-refractivity contribution in [3.8, 4) is 0 Å². The highest BCUT2D eigenvalue weighted by Gasteiger charge is 2.61. The van der Waals surface area contributed by atoms with Crippen molar-refractivity contribution in [2.45, 2.75) is 186 Å². The topological polar surface area (TPSA) is 400 Å². The van der Waals surface area contributed by atoms with Gasteiger partial charge in [-0.25, -0.2) is 4.79 Å². The molecule has 0 aromatic heterocycles. The van der Waals surface area contributed by atoms with Crippen LogP contribution >= 0.6 is 0 Å². The van der Waals surface area contributed by atoms with Gasteiger partial charge in [0.1, 0.15) is 55.9 Å². The third kappa shape index (κ3) is 20.9. The van der Waals surface area contributed by atoms with E-state index >= 15 is 0 Å². The number of methoxy groups -OCH3 is 1. The minimum atomic E-state index is -5.27. The van der Waals surface area contributed by atoms with Crippen molar-refractivity contribution < 1.29 is 147 Å². The van der Waals surface area contributed by atoms with Crippen LogP contribution in [-0.2, 0) is 129 Å². The van der Waals surface area contributed by atoms with Crippen molar-refractivity contribution in [2.75, 3.05) is 40.1 Å². The number of ether oxygens (including phenoxy) is 15. The Balaban J connectivity index is 2.33. The molecule has 0 aromatic rings. The van der Waals surface area contributed by atoms with Crippen LogP contribution in [0.1, 0.15) is 82.1 Å². The Kier molecular flexibility index (Phi) is 26.0. The molecule has 458 valence electrons. The van der Waals surface area contributed by atoms with Gasteiger partial charge in [0.15, 0.2) is 43.1 Å². The summed E-state index contributed by atoms with van der Waals surface area (Å²) in [6.07, 6.45) is -31.8. The lowest BCUT2D eigenvalue weighted by atomic mass is 9.87. The van der Waals surface area contributed by atoms with Gasteiger partial charge in [0, 0.05) is 75.8 Å². The SMILES string of the molecule is COC(=O)[C@@]1(OC[C@H]2O[C@H](OCCCNC(=O)C(F)(F)F)[C@H](NC(C)=O)[C@@H](O[C@@H]3O[C@H](COC(C)=O)[C@H](OC(C)=O)[C@H](OC(C)=O)[C@H]3OC(C)=O)[C@H]2O)C[C@H](OC(C)=O)[C@@H](NC(C)=O)[C@H]([C@H](OC(C)=O)[C@@H](COC(C)=O)OC(C)=O)O1. The minimum Gasteiger partial charge on any atom is -0.465 e. The highest BCUT2D eigenvalue weighted by atomic mass is 19.4. The molecular formula is C47H66F3N3O28. The third-order valence-corrected chi connectivity index (χ3v) is 11.4. The van der Waals surface area contributed by atoms with E-state index in [2.05, 4.69) is 10.6 Å². The Morgan fingerprint density at radius 3 is 1.69 bits per heavy atom. The molecule has 0 radical (unpaired) electrons. The summed E-state index contributed by atoms with van der Waals surface area (Å²) in [6.45, 7) is 5.41. The second kappa shape index (κ2) is 30.8. The lowest BCUT2D eigenvalue weighted by Crippen LogP contribution is -2.70. The second-order valence-corrected chi connectivity index (χ2v) is 18.1. The molecule has 0 spiro atoms. The maximum Gasteiger partial charge on any atom is 0.471 e. The van der Waals surface area contributed by atoms with Crippen molar-refractivity contribution in [1.29, 1.82) is 0 Å². The van der Waals surface area contributed by atoms with Crippen LogP contribution in [-0.4, -0.2) is 220 Å². The molecule has 0 saturated carbocycles. The molecule has 3 fully saturated rings. The molecule has 3 aliphatic rings. The van der Waals surface area contributed by atoms with E-state index in [1.807, 2.05) is 0 Å². The molecule has 3 aliphatic heterocycles. The van der Waals surface area contributed by atoms with Gasteiger partial charge in [0.25, 0.3) is 5.79 Å². The summed E-state index contributed by atoms with van der Waals surface area (Å²) in [6, 6.07) is -3.46. The molecule has 3 heterocycles. The first-order chi connectivity index (χ1) is 37.7. The van der Waals surface area contributed by atoms with E-state index in [1.54, 1.807) is 5.32 Å². The van der Waals surface area contributed by atoms with Crippen LogP contribution in [0.4, 0.5) is 13.2 Å². The van der Waals surface area contributed by atoms with Gasteiger partial charge in [-0.2, -0.15) is 13.2 Å². The smallest absolute Gasteiger partial charge is 0.465 e. The number of alkyl halides is 3. The van der Waals surface area contributed by atoms with E-state index in [-0.39, 0.29) is 0 Å². The summed E-state index contributed by atoms with van der Waals surface area (Å²) in [5.41, 5.74) is 0. The first-order valence-electron chi connectivity index (χ1n) is 24.6. The summed E-state index contributed by atoms with van der Waals surface area (Å²) >= 11 is 0. The first-order valence-corrected chi connectivity index (χ1v) is 24.6. The zero-order valence-electron chi connectivity index (χ0n) is 45.7. The fourth-order valence-corrected chi connectivity index (χ4v) is 8.54. The molecule has 0 aromatic carbocycles. The molecule has 3 saturated heterocycles. The highest BCUT2D eigenvalue weighted by molar-refractivity contribution is 5.81. The Morgan fingerprint density at radius 1 is 0.630 bits per heavy atom. The number of halogens is 3. The number of esters is 9. The van der Waals surface area contributed by atoms with Gasteiger partial charge in [0.05, 0.1) is 32.8 Å². The molecule has 0 bridgehead atoms. The average Bonchev–Trinajstić information content (AvgIpc) is 3.33. The molecule has 0 unspecified atom stereocenters. The van der Waals surface area contributed by atoms with Crippen molar-refractivity contribution in [2.24, 2.45) is 0 Å². The maximum atomic E-state index is 14.3. The molecule has 16 atom stereocenters. The summed E-state index contributed by atoms with van der Waals surface area (Å²) in [5.74, 6) is -16.7. The Labute approximate surface area is 459 Å². The molecule has 31 nitrogen and oxygen atoms in total. The molecule has 0 aliphatic carbocycles. The normalized spacial score (nSPS) is 28.9. The maximum absolute atomic E-state index is 14.3. The Bertz CT molecular complexity index is 2290. The van der Waals surface area contributed by atoms with Crippen molar-refractivity contribution >= 4 is 71.4 Å². The average molecular weight is 1180 g/mol. The van der Waals surface area contributed by atoms with Crippen molar-refractivity contribution in [1.82, 2.24) is 16.0 Å². The van der Waals surface area contributed by atoms with Crippen molar-refractivity contribution in [3.63, 3.8) is 0 Å². The molecule has 4 N–H and O–H groups in total. The largest absolute Gasteiger partial charge is 0.471 e. The van der Waals surface area contributed by atoms with Gasteiger partial charge < -0.3 is 92.1 Å². The minimum absolute atomic E-state index is 0.396. The van der Waals surface area contributed by atoms with E-state index < -0.39 is 221 Å². The summed E-state index contributed by atoms with van der Waals surface area (Å²) in [5, 5.41) is 19.0. The van der Waals surface area contributed by atoms with Gasteiger partial charge >= 0.3 is 65.8 Å². The van der Waals surface area contributed by atoms with Gasteiger partial charge in [-0.1, -0.05) is 0 Å². The first kappa shape index (κ1) is 68.4. The summed E-state index contributed by atoms with van der Waals surface area (Å²) in [7, 11) is 0.834. The van der Waals surface area contributed by atoms with Crippen LogP contribution in [0.5, 0.6) is 0 Å². The number of nitrogens with one attached hydrogen (secondary N) is 3. The van der Waals surface area contributed by atoms with Crippen LogP contribution in [0.15, 0.2) is 0 Å². The number of hydrogen-bond donors (Lipinski definition) is 4. The fourth-order valence-electron chi connectivity index (χ4n) is 8.54. The monoisotopic (exact) mass is 1180 g/mol. The summed E-state index contributed by atoms with van der Waals surface area (Å²) in [4.78, 5) is 152. The molecule has 3 rings (SSSR count). The third-order valence-electron chi connectivity index (χ3n) is 11.4. The lowest BCUT2D eigenvalue weighted by Gasteiger charge is -2.50. The number of rotatable bonds is 25. The van der Waals surface area contributed by atoms with E-state index in [0.29, 0.717) is 0 Å². The van der Waals surface area contributed by atoms with E-state index in [1.165, 1.54) is 0 Å². The van der Waals surface area contributed by atoms with E-state index in [4.69, 9.17) is 71.1 Å². The Hall–Kier alpha value is -6.85. The molecular weight excluding hydrogens is 1110 g/mol. The zero-order valence-corrected chi connectivity index (χ0v) is 45.7. The predicted octanol–water partition coefficient (Wildman–Crippen LogP) is -2.33. The molecule has 34 heteroatoms. The molecule has 81 heavy (non-hydrogen) atoms. The number of carbonyl (C=O) groups excluding carboxylic acids is 12. The quantitative estimate of drug-likeness (QED) is 0.0423. The zero-order chi connectivity index (χ0) is 61.3. The number of aliphatic hydroxyl groups excluding tert-OH is 1. The number of carbonyl (C=O) groups is 12. The number of hydrogen-bond acceptors (Lipinski definition) is 28. The fraction of sp³-hybridized carbons (Fsp3) is 0.745. The standard InChI is InChI=1S/C47H66F3N3O28/c1-19(54)52-33-29(72-23(5)58)15-46(45(66)67-11,81-39(33)36(74-25(7)60)31(73-24(6)59)16-69-21(3)56)71-18-30-35(64)38(34(53-20(2)55)42(78-30)68-14-12-13-51-44(65)47(48,49)50)80-43-41(77-28(10)63)40(76-27(9)62)37(75-26(8)61)32(79-43)17-70-22(4)57/h29-43,64H,12-18H2,1-11H3,(H,51,65)(H,52,54)(H,53,55)/t29-,30+,31+,32+,33+,34+,35-,36+,37-,38+,39+,40-,41+,42-,43-,46+/m0/s1. The van der Waals surface area contributed by atoms with Crippen LogP contribution < -0.4 is 16.0 Å². The Morgan fingerprint density at radius 2 is 1.17 bits per heavy atom. The van der Waals surface area contributed by atoms with Crippen LogP contribution in [0.3, 0.4) is 0 Å². The highest BCUT2D eigenvalue weighted by Crippen LogP contribution is 2.39. The lowest BCUT2D eigenvalue weighted by molar-refractivity contribution is -0.355. The van der Waals surface area contributed by atoms with E-state index in [0.717, 1.165) is 76.3 Å². The van der Waals surface area contributed by atoms with Crippen LogP contribution in [0, 0.1) is 0 Å². The van der Waals surface area contributed by atoms with Gasteiger partial charge in [0.2, 0.25) is 11.8 Å². The number of aliphatic hydroxyl groups is 1. The predicted molar refractivity (Wildman–Crippen MR) is 250 cm³/mol. The van der Waals surface area contributed by atoms with Crippen molar-refractivity contribution in [3.05, 3.63) is 0 Å². The second-order valence-electron chi connectivity index (χ2n) is 18.1. The number of amides is 3.